The Labute approximate surface area is 151 Å². The van der Waals surface area contributed by atoms with Gasteiger partial charge in [-0.2, -0.15) is 0 Å². The summed E-state index contributed by atoms with van der Waals surface area (Å²) in [7, 11) is 0. The van der Waals surface area contributed by atoms with Crippen molar-refractivity contribution >= 4 is 28.8 Å². The zero-order valence-electron chi connectivity index (χ0n) is 15.0. The van der Waals surface area contributed by atoms with Crippen molar-refractivity contribution < 1.29 is 14.5 Å². The summed E-state index contributed by atoms with van der Waals surface area (Å²) in [6.07, 6.45) is 0. The molecule has 7 nitrogen and oxygen atoms in total. The van der Waals surface area contributed by atoms with Crippen LogP contribution in [0, 0.1) is 10.1 Å². The highest BCUT2D eigenvalue weighted by Gasteiger charge is 2.17. The molecule has 0 aliphatic rings. The smallest absolute Gasteiger partial charge is 0.293 e. The van der Waals surface area contributed by atoms with Gasteiger partial charge in [0.1, 0.15) is 5.69 Å². The molecule has 0 spiro atoms. The van der Waals surface area contributed by atoms with Gasteiger partial charge in [-0.1, -0.05) is 6.07 Å². The van der Waals surface area contributed by atoms with E-state index in [4.69, 9.17) is 0 Å². The van der Waals surface area contributed by atoms with Gasteiger partial charge in [0, 0.05) is 36.0 Å². The number of carbonyl (C=O) groups is 2. The molecule has 0 saturated heterocycles. The number of Topliss-reactive ketones (excluding diaryl/α,β-unsaturated/α-hetero) is 1. The van der Waals surface area contributed by atoms with Crippen molar-refractivity contribution in [1.29, 1.82) is 0 Å². The summed E-state index contributed by atoms with van der Waals surface area (Å²) >= 11 is 0. The van der Waals surface area contributed by atoms with Gasteiger partial charge >= 0.3 is 0 Å². The molecule has 0 unspecified atom stereocenters. The number of nitrogens with one attached hydrogen (secondary N) is 1. The van der Waals surface area contributed by atoms with Gasteiger partial charge in [-0.15, -0.1) is 0 Å². The quantitative estimate of drug-likeness (QED) is 0.460. The van der Waals surface area contributed by atoms with Gasteiger partial charge in [-0.05, 0) is 51.1 Å². The van der Waals surface area contributed by atoms with E-state index in [2.05, 4.69) is 5.32 Å². The van der Waals surface area contributed by atoms with Gasteiger partial charge < -0.3 is 10.2 Å². The molecule has 1 amide bonds. The number of anilines is 2. The summed E-state index contributed by atoms with van der Waals surface area (Å²) in [5, 5.41) is 14.3. The fraction of sp³-hybridized carbons (Fsp3) is 0.263. The summed E-state index contributed by atoms with van der Waals surface area (Å²) in [4.78, 5) is 36.4. The Hall–Kier alpha value is -3.22. The fourth-order valence-corrected chi connectivity index (χ4v) is 2.59. The zero-order valence-corrected chi connectivity index (χ0v) is 15.0. The maximum atomic E-state index is 12.5. The number of rotatable bonds is 7. The van der Waals surface area contributed by atoms with E-state index >= 15 is 0 Å². The zero-order chi connectivity index (χ0) is 19.3. The molecule has 0 saturated carbocycles. The van der Waals surface area contributed by atoms with E-state index in [0.717, 1.165) is 0 Å². The number of hydrogen-bond acceptors (Lipinski definition) is 5. The minimum atomic E-state index is -0.542. The molecule has 7 heteroatoms. The van der Waals surface area contributed by atoms with Crippen LogP contribution in [0.1, 0.15) is 41.5 Å². The molecule has 136 valence electrons. The van der Waals surface area contributed by atoms with Crippen molar-refractivity contribution in [2.24, 2.45) is 0 Å². The van der Waals surface area contributed by atoms with Gasteiger partial charge in [0.05, 0.1) is 4.92 Å². The number of nitro groups is 1. The monoisotopic (exact) mass is 355 g/mol. The normalized spacial score (nSPS) is 10.3. The number of nitrogens with zero attached hydrogens (tertiary/aromatic N) is 2. The van der Waals surface area contributed by atoms with Crippen molar-refractivity contribution in [3.63, 3.8) is 0 Å². The molecule has 0 heterocycles. The maximum absolute atomic E-state index is 12.5. The van der Waals surface area contributed by atoms with Crippen molar-refractivity contribution in [3.05, 3.63) is 63.7 Å². The Morgan fingerprint density at radius 2 is 1.77 bits per heavy atom. The molecule has 0 fully saturated rings. The minimum absolute atomic E-state index is 0.0972. The molecule has 26 heavy (non-hydrogen) atoms. The second kappa shape index (κ2) is 8.24. The molecule has 0 aliphatic heterocycles. The van der Waals surface area contributed by atoms with Crippen LogP contribution >= 0.6 is 0 Å². The van der Waals surface area contributed by atoms with Crippen molar-refractivity contribution in [3.8, 4) is 0 Å². The average molecular weight is 355 g/mol. The fourth-order valence-electron chi connectivity index (χ4n) is 2.59. The summed E-state index contributed by atoms with van der Waals surface area (Å²) in [6, 6.07) is 11.1. The number of amides is 1. The third-order valence-electron chi connectivity index (χ3n) is 4.04. The van der Waals surface area contributed by atoms with Gasteiger partial charge in [-0.3, -0.25) is 19.7 Å². The first-order valence-corrected chi connectivity index (χ1v) is 8.33. The molecule has 2 rings (SSSR count). The van der Waals surface area contributed by atoms with E-state index in [1.165, 1.54) is 25.1 Å². The number of nitro benzene ring substituents is 1. The van der Waals surface area contributed by atoms with Gasteiger partial charge in [0.15, 0.2) is 5.78 Å². The van der Waals surface area contributed by atoms with Crippen molar-refractivity contribution in [2.45, 2.75) is 20.8 Å². The highest BCUT2D eigenvalue weighted by atomic mass is 16.6. The van der Waals surface area contributed by atoms with Gasteiger partial charge in [0.25, 0.3) is 11.6 Å². The van der Waals surface area contributed by atoms with E-state index in [9.17, 15) is 19.7 Å². The molecule has 0 aliphatic carbocycles. The molecule has 0 aromatic heterocycles. The predicted molar refractivity (Wildman–Crippen MR) is 100 cm³/mol. The SMILES string of the molecule is CCN(CC)C(=O)c1cccc(Nc2ccc(C(C)=O)cc2[N+](=O)[O-])c1. The topological polar surface area (TPSA) is 92.6 Å². The molecule has 0 bridgehead atoms. The van der Waals surface area contributed by atoms with Crippen molar-refractivity contribution in [1.82, 2.24) is 4.90 Å². The third kappa shape index (κ3) is 4.24. The second-order valence-corrected chi connectivity index (χ2v) is 5.73. The Balaban J connectivity index is 2.34. The van der Waals surface area contributed by atoms with Crippen LogP contribution in [0.25, 0.3) is 0 Å². The molecule has 2 aromatic rings. The Morgan fingerprint density at radius 1 is 1.08 bits per heavy atom. The lowest BCUT2D eigenvalue weighted by molar-refractivity contribution is -0.383. The van der Waals surface area contributed by atoms with Gasteiger partial charge in [0.2, 0.25) is 0 Å². The van der Waals surface area contributed by atoms with Crippen LogP contribution in [0.5, 0.6) is 0 Å². The van der Waals surface area contributed by atoms with E-state index in [-0.39, 0.29) is 28.6 Å². The summed E-state index contributed by atoms with van der Waals surface area (Å²) in [5.74, 6) is -0.341. The van der Waals surface area contributed by atoms with Crippen molar-refractivity contribution in [2.75, 3.05) is 18.4 Å². The van der Waals surface area contributed by atoms with Crippen LogP contribution in [0.4, 0.5) is 17.1 Å². The molecule has 0 radical (unpaired) electrons. The van der Waals surface area contributed by atoms with Crippen LogP contribution in [0.15, 0.2) is 42.5 Å². The second-order valence-electron chi connectivity index (χ2n) is 5.73. The van der Waals surface area contributed by atoms with Crippen LogP contribution in [0.2, 0.25) is 0 Å². The first-order valence-electron chi connectivity index (χ1n) is 8.33. The van der Waals surface area contributed by atoms with Crippen LogP contribution in [-0.4, -0.2) is 34.6 Å². The number of ketones is 1. The van der Waals surface area contributed by atoms with Crippen LogP contribution < -0.4 is 5.32 Å². The van der Waals surface area contributed by atoms with Crippen LogP contribution in [0.3, 0.4) is 0 Å². The van der Waals surface area contributed by atoms with E-state index in [0.29, 0.717) is 24.3 Å². The lowest BCUT2D eigenvalue weighted by atomic mass is 10.1. The first-order chi connectivity index (χ1) is 12.4. The Morgan fingerprint density at radius 3 is 2.35 bits per heavy atom. The van der Waals surface area contributed by atoms with Gasteiger partial charge in [-0.25, -0.2) is 0 Å². The van der Waals surface area contributed by atoms with E-state index < -0.39 is 4.92 Å². The standard InChI is InChI=1S/C19H21N3O4/c1-4-21(5-2)19(24)15-7-6-8-16(11-15)20-17-10-9-14(13(3)23)12-18(17)22(25)26/h6-12,20H,4-5H2,1-3H3. The summed E-state index contributed by atoms with van der Waals surface area (Å²) in [6.45, 7) is 6.37. The Bertz CT molecular complexity index is 844. The van der Waals surface area contributed by atoms with E-state index in [1.807, 2.05) is 13.8 Å². The molecular formula is C19H21N3O4. The first kappa shape index (κ1) is 19.1. The summed E-state index contributed by atoms with van der Waals surface area (Å²) < 4.78 is 0. The summed E-state index contributed by atoms with van der Waals surface area (Å²) in [5.41, 5.74) is 1.39. The van der Waals surface area contributed by atoms with Crippen LogP contribution in [-0.2, 0) is 0 Å². The number of carbonyl (C=O) groups excluding carboxylic acids is 2. The molecular weight excluding hydrogens is 334 g/mol. The average Bonchev–Trinajstić information content (AvgIpc) is 2.62. The highest BCUT2D eigenvalue weighted by molar-refractivity contribution is 5.96. The lowest BCUT2D eigenvalue weighted by Crippen LogP contribution is -2.30. The largest absolute Gasteiger partial charge is 0.350 e. The number of hydrogen-bond donors (Lipinski definition) is 1. The molecule has 0 atom stereocenters. The minimum Gasteiger partial charge on any atom is -0.350 e. The predicted octanol–water partition coefficient (Wildman–Crippen LogP) is 4.02. The maximum Gasteiger partial charge on any atom is 0.293 e. The lowest BCUT2D eigenvalue weighted by Gasteiger charge is -2.19. The molecule has 2 aromatic carbocycles. The Kier molecular flexibility index (Phi) is 6.06. The number of benzene rings is 2. The highest BCUT2D eigenvalue weighted by Crippen LogP contribution is 2.29. The molecule has 1 N–H and O–H groups in total. The van der Waals surface area contributed by atoms with E-state index in [1.54, 1.807) is 29.2 Å². The third-order valence-corrected chi connectivity index (χ3v) is 4.04.